The van der Waals surface area contributed by atoms with Crippen molar-refractivity contribution in [3.8, 4) is 0 Å². The summed E-state index contributed by atoms with van der Waals surface area (Å²) >= 11 is 0. The van der Waals surface area contributed by atoms with Gasteiger partial charge >= 0.3 is 0 Å². The van der Waals surface area contributed by atoms with E-state index < -0.39 is 0 Å². The number of hydrogen-bond acceptors (Lipinski definition) is 2. The van der Waals surface area contributed by atoms with Gasteiger partial charge in [0.2, 0.25) is 0 Å². The van der Waals surface area contributed by atoms with E-state index in [0.717, 1.165) is 36.6 Å². The van der Waals surface area contributed by atoms with Crippen LogP contribution in [0.25, 0.3) is 0 Å². The summed E-state index contributed by atoms with van der Waals surface area (Å²) < 4.78 is 0. The maximum Gasteiger partial charge on any atom is 0.251 e. The first kappa shape index (κ1) is 14.9. The molecule has 1 aromatic rings. The van der Waals surface area contributed by atoms with Crippen molar-refractivity contribution in [2.24, 2.45) is 5.92 Å². The maximum absolute atomic E-state index is 12.2. The van der Waals surface area contributed by atoms with Gasteiger partial charge in [0.25, 0.3) is 5.91 Å². The minimum Gasteiger partial charge on any atom is -0.385 e. The zero-order valence-electron chi connectivity index (χ0n) is 12.6. The van der Waals surface area contributed by atoms with Crippen molar-refractivity contribution in [1.82, 2.24) is 5.32 Å². The molecule has 2 N–H and O–H groups in total. The van der Waals surface area contributed by atoms with Crippen LogP contribution in [0.1, 0.15) is 56.3 Å². The maximum atomic E-state index is 12.2. The van der Waals surface area contributed by atoms with Crippen LogP contribution in [0, 0.1) is 5.92 Å². The number of carbonyl (C=O) groups excluding carboxylic acids is 1. The first-order valence-electron chi connectivity index (χ1n) is 7.87. The highest BCUT2D eigenvalue weighted by Crippen LogP contribution is 2.26. The molecule has 2 unspecified atom stereocenters. The third kappa shape index (κ3) is 3.99. The molecule has 20 heavy (non-hydrogen) atoms. The molecule has 2 rings (SSSR count). The molecule has 3 nitrogen and oxygen atoms in total. The monoisotopic (exact) mass is 274 g/mol. The van der Waals surface area contributed by atoms with Gasteiger partial charge in [-0.3, -0.25) is 4.79 Å². The Hall–Kier alpha value is -1.51. The number of amides is 1. The molecule has 0 aliphatic heterocycles. The molecule has 0 spiro atoms. The third-order valence-electron chi connectivity index (χ3n) is 4.22. The fourth-order valence-electron chi connectivity index (χ4n) is 3.01. The van der Waals surface area contributed by atoms with Gasteiger partial charge in [0.15, 0.2) is 0 Å². The molecule has 1 aliphatic rings. The van der Waals surface area contributed by atoms with Crippen LogP contribution in [-0.4, -0.2) is 18.5 Å². The molecular weight excluding hydrogens is 248 g/mol. The van der Waals surface area contributed by atoms with Crippen LogP contribution in [0.5, 0.6) is 0 Å². The topological polar surface area (TPSA) is 41.1 Å². The second-order valence-corrected chi connectivity index (χ2v) is 5.72. The van der Waals surface area contributed by atoms with Gasteiger partial charge in [-0.25, -0.2) is 0 Å². The Bertz CT molecular complexity index is 427. The summed E-state index contributed by atoms with van der Waals surface area (Å²) in [5, 5.41) is 6.43. The van der Waals surface area contributed by atoms with Gasteiger partial charge in [-0.2, -0.15) is 0 Å². The van der Waals surface area contributed by atoms with Crippen LogP contribution < -0.4 is 10.6 Å². The summed E-state index contributed by atoms with van der Waals surface area (Å²) in [4.78, 5) is 12.2. The van der Waals surface area contributed by atoms with Gasteiger partial charge in [0.05, 0.1) is 0 Å². The summed E-state index contributed by atoms with van der Waals surface area (Å²) in [5.41, 5.74) is 1.82. The molecule has 0 saturated heterocycles. The van der Waals surface area contributed by atoms with Crippen LogP contribution in [0.4, 0.5) is 5.69 Å². The van der Waals surface area contributed by atoms with Crippen LogP contribution in [-0.2, 0) is 0 Å². The molecule has 0 aromatic heterocycles. The minimum absolute atomic E-state index is 0.0646. The van der Waals surface area contributed by atoms with E-state index in [2.05, 4.69) is 24.5 Å². The lowest BCUT2D eigenvalue weighted by molar-refractivity contribution is 0.0919. The second-order valence-electron chi connectivity index (χ2n) is 5.72. The standard InChI is InChI=1S/C17H26N2O/c1-3-13-6-5-7-16(12-13)19-17(20)14-8-10-15(11-9-14)18-4-2/h8-11,13,16,18H,3-7,12H2,1-2H3,(H,19,20). The van der Waals surface area contributed by atoms with Crippen molar-refractivity contribution in [2.75, 3.05) is 11.9 Å². The van der Waals surface area contributed by atoms with E-state index in [0.29, 0.717) is 6.04 Å². The SMILES string of the molecule is CCNc1ccc(C(=O)NC2CCCC(CC)C2)cc1. The van der Waals surface area contributed by atoms with E-state index >= 15 is 0 Å². The summed E-state index contributed by atoms with van der Waals surface area (Å²) in [5.74, 6) is 0.847. The molecule has 2 atom stereocenters. The Kier molecular flexibility index (Phi) is 5.45. The predicted octanol–water partition coefficient (Wildman–Crippen LogP) is 3.82. The number of benzene rings is 1. The number of hydrogen-bond donors (Lipinski definition) is 2. The molecular formula is C17H26N2O. The van der Waals surface area contributed by atoms with Gasteiger partial charge in [-0.15, -0.1) is 0 Å². The Morgan fingerprint density at radius 1 is 1.20 bits per heavy atom. The Labute approximate surface area is 122 Å². The fourth-order valence-corrected chi connectivity index (χ4v) is 3.01. The summed E-state index contributed by atoms with van der Waals surface area (Å²) in [6.45, 7) is 5.20. The lowest BCUT2D eigenvalue weighted by Gasteiger charge is -2.29. The Morgan fingerprint density at radius 2 is 1.95 bits per heavy atom. The van der Waals surface area contributed by atoms with Crippen molar-refractivity contribution in [3.05, 3.63) is 29.8 Å². The molecule has 0 bridgehead atoms. The molecule has 0 radical (unpaired) electrons. The first-order valence-corrected chi connectivity index (χ1v) is 7.87. The van der Waals surface area contributed by atoms with E-state index in [1.165, 1.54) is 19.3 Å². The molecule has 1 saturated carbocycles. The molecule has 1 aromatic carbocycles. The lowest BCUT2D eigenvalue weighted by atomic mass is 9.84. The number of carbonyl (C=O) groups is 1. The van der Waals surface area contributed by atoms with Crippen molar-refractivity contribution in [2.45, 2.75) is 52.0 Å². The minimum atomic E-state index is 0.0646. The normalized spacial score (nSPS) is 22.3. The molecule has 1 amide bonds. The Balaban J connectivity index is 1.90. The quantitative estimate of drug-likeness (QED) is 0.857. The van der Waals surface area contributed by atoms with Crippen molar-refractivity contribution in [1.29, 1.82) is 0 Å². The highest BCUT2D eigenvalue weighted by Gasteiger charge is 2.22. The van der Waals surface area contributed by atoms with Crippen molar-refractivity contribution < 1.29 is 4.79 Å². The van der Waals surface area contributed by atoms with Crippen LogP contribution in [0.3, 0.4) is 0 Å². The van der Waals surface area contributed by atoms with Gasteiger partial charge in [0, 0.05) is 23.8 Å². The largest absolute Gasteiger partial charge is 0.385 e. The molecule has 0 heterocycles. The number of rotatable bonds is 5. The molecule has 3 heteroatoms. The van der Waals surface area contributed by atoms with Gasteiger partial charge in [0.1, 0.15) is 0 Å². The van der Waals surface area contributed by atoms with Gasteiger partial charge in [-0.1, -0.05) is 26.2 Å². The average Bonchev–Trinajstić information content (AvgIpc) is 2.48. The fraction of sp³-hybridized carbons (Fsp3) is 0.588. The summed E-state index contributed by atoms with van der Waals surface area (Å²) in [6.07, 6.45) is 6.04. The van der Waals surface area contributed by atoms with Crippen LogP contribution in [0.2, 0.25) is 0 Å². The van der Waals surface area contributed by atoms with Gasteiger partial charge in [-0.05, 0) is 49.9 Å². The summed E-state index contributed by atoms with van der Waals surface area (Å²) in [7, 11) is 0. The summed E-state index contributed by atoms with van der Waals surface area (Å²) in [6, 6.07) is 8.08. The van der Waals surface area contributed by atoms with E-state index in [-0.39, 0.29) is 5.91 Å². The molecule has 110 valence electrons. The number of nitrogens with one attached hydrogen (secondary N) is 2. The molecule has 1 aliphatic carbocycles. The van der Waals surface area contributed by atoms with Gasteiger partial charge < -0.3 is 10.6 Å². The predicted molar refractivity (Wildman–Crippen MR) is 84.1 cm³/mol. The smallest absolute Gasteiger partial charge is 0.251 e. The molecule has 1 fully saturated rings. The van der Waals surface area contributed by atoms with Crippen LogP contribution >= 0.6 is 0 Å². The van der Waals surface area contributed by atoms with Crippen molar-refractivity contribution >= 4 is 11.6 Å². The third-order valence-corrected chi connectivity index (χ3v) is 4.22. The van der Waals surface area contributed by atoms with Crippen LogP contribution in [0.15, 0.2) is 24.3 Å². The lowest BCUT2D eigenvalue weighted by Crippen LogP contribution is -2.38. The number of anilines is 1. The van der Waals surface area contributed by atoms with E-state index in [4.69, 9.17) is 0 Å². The zero-order valence-corrected chi connectivity index (χ0v) is 12.6. The Morgan fingerprint density at radius 3 is 2.60 bits per heavy atom. The second kappa shape index (κ2) is 7.32. The zero-order chi connectivity index (χ0) is 14.4. The van der Waals surface area contributed by atoms with Crippen molar-refractivity contribution in [3.63, 3.8) is 0 Å². The highest BCUT2D eigenvalue weighted by molar-refractivity contribution is 5.94. The van der Waals surface area contributed by atoms with E-state index in [1.807, 2.05) is 24.3 Å². The van der Waals surface area contributed by atoms with E-state index in [1.54, 1.807) is 0 Å². The first-order chi connectivity index (χ1) is 9.72. The average molecular weight is 274 g/mol. The van der Waals surface area contributed by atoms with E-state index in [9.17, 15) is 4.79 Å². The highest BCUT2D eigenvalue weighted by atomic mass is 16.1.